The molecule has 0 aliphatic rings. The third-order valence-corrected chi connectivity index (χ3v) is 3.24. The first-order chi connectivity index (χ1) is 10.2. The normalized spacial score (nSPS) is 10.6. The topological polar surface area (TPSA) is 56.3 Å². The molecule has 1 aromatic carbocycles. The van der Waals surface area contributed by atoms with E-state index in [9.17, 15) is 4.39 Å². The maximum Gasteiger partial charge on any atom is 0.321 e. The fourth-order valence-electron chi connectivity index (χ4n) is 1.54. The lowest BCUT2D eigenvalue weighted by Crippen LogP contribution is -2.18. The van der Waals surface area contributed by atoms with Gasteiger partial charge in [0.15, 0.2) is 0 Å². The van der Waals surface area contributed by atoms with Crippen molar-refractivity contribution in [1.82, 2.24) is 15.3 Å². The summed E-state index contributed by atoms with van der Waals surface area (Å²) in [5, 5.41) is 3.18. The van der Waals surface area contributed by atoms with E-state index in [0.29, 0.717) is 23.4 Å². The highest BCUT2D eigenvalue weighted by atomic mass is 79.9. The highest BCUT2D eigenvalue weighted by molar-refractivity contribution is 9.10. The van der Waals surface area contributed by atoms with Crippen LogP contribution in [0.5, 0.6) is 11.8 Å². The second-order valence-corrected chi connectivity index (χ2v) is 5.08. The van der Waals surface area contributed by atoms with Crippen LogP contribution in [0.1, 0.15) is 5.56 Å². The number of rotatable bonds is 7. The smallest absolute Gasteiger partial charge is 0.321 e. The number of hydrogen-bond donors (Lipinski definition) is 1. The van der Waals surface area contributed by atoms with Crippen LogP contribution in [-0.2, 0) is 11.3 Å². The number of nitrogens with one attached hydrogen (secondary N) is 1. The molecular formula is C14H15BrFN3O2. The van der Waals surface area contributed by atoms with E-state index in [1.807, 2.05) is 0 Å². The fraction of sp³-hybridized carbons (Fsp3) is 0.286. The SMILES string of the molecule is COCCNCc1cnc(Oc2ccc(Br)c(F)c2)nc1. The first kappa shape index (κ1) is 15.8. The summed E-state index contributed by atoms with van der Waals surface area (Å²) in [6.07, 6.45) is 3.33. The first-order valence-corrected chi connectivity index (χ1v) is 7.12. The molecular weight excluding hydrogens is 341 g/mol. The van der Waals surface area contributed by atoms with Gasteiger partial charge >= 0.3 is 6.01 Å². The summed E-state index contributed by atoms with van der Waals surface area (Å²) >= 11 is 3.08. The molecule has 1 N–H and O–H groups in total. The van der Waals surface area contributed by atoms with Gasteiger partial charge in [-0.15, -0.1) is 0 Å². The Morgan fingerprint density at radius 1 is 1.29 bits per heavy atom. The molecule has 0 radical (unpaired) electrons. The van der Waals surface area contributed by atoms with Crippen LogP contribution in [0.4, 0.5) is 4.39 Å². The van der Waals surface area contributed by atoms with E-state index in [1.165, 1.54) is 6.07 Å². The summed E-state index contributed by atoms with van der Waals surface area (Å²) in [5.41, 5.74) is 0.931. The lowest BCUT2D eigenvalue weighted by Gasteiger charge is -2.06. The van der Waals surface area contributed by atoms with Crippen LogP contribution in [0.2, 0.25) is 0 Å². The molecule has 5 nitrogen and oxygen atoms in total. The zero-order valence-electron chi connectivity index (χ0n) is 11.5. The van der Waals surface area contributed by atoms with Gasteiger partial charge in [-0.2, -0.15) is 0 Å². The molecule has 2 rings (SSSR count). The molecule has 0 amide bonds. The largest absolute Gasteiger partial charge is 0.424 e. The number of halogens is 2. The third-order valence-electron chi connectivity index (χ3n) is 2.59. The van der Waals surface area contributed by atoms with E-state index < -0.39 is 5.82 Å². The average Bonchev–Trinajstić information content (AvgIpc) is 2.49. The highest BCUT2D eigenvalue weighted by Crippen LogP contribution is 2.23. The molecule has 0 fully saturated rings. The number of benzene rings is 1. The summed E-state index contributed by atoms with van der Waals surface area (Å²) in [7, 11) is 1.65. The van der Waals surface area contributed by atoms with Gasteiger partial charge in [-0.3, -0.25) is 0 Å². The molecule has 21 heavy (non-hydrogen) atoms. The monoisotopic (exact) mass is 355 g/mol. The van der Waals surface area contributed by atoms with Crippen molar-refractivity contribution in [2.75, 3.05) is 20.3 Å². The lowest BCUT2D eigenvalue weighted by atomic mass is 10.3. The molecule has 1 heterocycles. The van der Waals surface area contributed by atoms with E-state index in [1.54, 1.807) is 31.6 Å². The number of ether oxygens (including phenoxy) is 2. The minimum absolute atomic E-state index is 0.178. The van der Waals surface area contributed by atoms with E-state index in [4.69, 9.17) is 9.47 Å². The van der Waals surface area contributed by atoms with Crippen molar-refractivity contribution in [3.8, 4) is 11.8 Å². The standard InChI is InChI=1S/C14H15BrFN3O2/c1-20-5-4-17-7-10-8-18-14(19-9-10)21-11-2-3-12(15)13(16)6-11/h2-3,6,8-9,17H,4-5,7H2,1H3. The molecule has 0 aliphatic heterocycles. The van der Waals surface area contributed by atoms with E-state index >= 15 is 0 Å². The van der Waals surface area contributed by atoms with Crippen LogP contribution in [0, 0.1) is 5.82 Å². The quantitative estimate of drug-likeness (QED) is 0.774. The van der Waals surface area contributed by atoms with Gasteiger partial charge < -0.3 is 14.8 Å². The number of methoxy groups -OCH3 is 1. The Labute approximate surface area is 130 Å². The maximum atomic E-state index is 13.4. The van der Waals surface area contributed by atoms with Gasteiger partial charge in [-0.25, -0.2) is 14.4 Å². The van der Waals surface area contributed by atoms with Gasteiger partial charge in [-0.05, 0) is 28.1 Å². The van der Waals surface area contributed by atoms with E-state index in [-0.39, 0.29) is 6.01 Å². The highest BCUT2D eigenvalue weighted by Gasteiger charge is 2.04. The predicted molar refractivity (Wildman–Crippen MR) is 79.8 cm³/mol. The summed E-state index contributed by atoms with van der Waals surface area (Å²) in [4.78, 5) is 8.17. The Bertz CT molecular complexity index is 581. The molecule has 0 bridgehead atoms. The Balaban J connectivity index is 1.91. The van der Waals surface area contributed by atoms with Crippen LogP contribution in [0.25, 0.3) is 0 Å². The molecule has 0 saturated carbocycles. The Morgan fingerprint density at radius 3 is 2.71 bits per heavy atom. The minimum atomic E-state index is -0.397. The second kappa shape index (κ2) is 8.02. The van der Waals surface area contributed by atoms with Crippen molar-refractivity contribution in [3.05, 3.63) is 46.4 Å². The van der Waals surface area contributed by atoms with Gasteiger partial charge in [0.05, 0.1) is 11.1 Å². The molecule has 2 aromatic rings. The molecule has 0 atom stereocenters. The molecule has 0 spiro atoms. The predicted octanol–water partition coefficient (Wildman–Crippen LogP) is 2.91. The Hall–Kier alpha value is -1.57. The van der Waals surface area contributed by atoms with Crippen molar-refractivity contribution in [3.63, 3.8) is 0 Å². The molecule has 0 saturated heterocycles. The van der Waals surface area contributed by atoms with Gasteiger partial charge in [0, 0.05) is 44.2 Å². The van der Waals surface area contributed by atoms with E-state index in [2.05, 4.69) is 31.2 Å². The Kier molecular flexibility index (Phi) is 6.04. The molecule has 1 aromatic heterocycles. The molecule has 112 valence electrons. The van der Waals surface area contributed by atoms with Crippen LogP contribution in [-0.4, -0.2) is 30.2 Å². The van der Waals surface area contributed by atoms with Crippen LogP contribution < -0.4 is 10.1 Å². The van der Waals surface area contributed by atoms with Gasteiger partial charge in [-0.1, -0.05) is 0 Å². The zero-order chi connectivity index (χ0) is 15.1. The van der Waals surface area contributed by atoms with Gasteiger partial charge in [0.2, 0.25) is 0 Å². The van der Waals surface area contributed by atoms with Crippen molar-refractivity contribution in [1.29, 1.82) is 0 Å². The average molecular weight is 356 g/mol. The number of nitrogens with zero attached hydrogens (tertiary/aromatic N) is 2. The van der Waals surface area contributed by atoms with Crippen molar-refractivity contribution in [2.45, 2.75) is 6.54 Å². The van der Waals surface area contributed by atoms with Crippen LogP contribution in [0.3, 0.4) is 0 Å². The molecule has 0 aliphatic carbocycles. The summed E-state index contributed by atoms with van der Waals surface area (Å²) < 4.78 is 24.1. The summed E-state index contributed by atoms with van der Waals surface area (Å²) in [6.45, 7) is 2.06. The first-order valence-electron chi connectivity index (χ1n) is 6.32. The van der Waals surface area contributed by atoms with Crippen molar-refractivity contribution >= 4 is 15.9 Å². The third kappa shape index (κ3) is 5.04. The van der Waals surface area contributed by atoms with E-state index in [0.717, 1.165) is 12.1 Å². The fourth-order valence-corrected chi connectivity index (χ4v) is 1.79. The molecule has 0 unspecified atom stereocenters. The maximum absolute atomic E-state index is 13.4. The minimum Gasteiger partial charge on any atom is -0.424 e. The van der Waals surface area contributed by atoms with Gasteiger partial charge in [0.25, 0.3) is 0 Å². The van der Waals surface area contributed by atoms with Gasteiger partial charge in [0.1, 0.15) is 11.6 Å². The lowest BCUT2D eigenvalue weighted by molar-refractivity contribution is 0.199. The zero-order valence-corrected chi connectivity index (χ0v) is 13.1. The number of hydrogen-bond acceptors (Lipinski definition) is 5. The van der Waals surface area contributed by atoms with Crippen LogP contribution >= 0.6 is 15.9 Å². The Morgan fingerprint density at radius 2 is 2.05 bits per heavy atom. The van der Waals surface area contributed by atoms with Crippen LogP contribution in [0.15, 0.2) is 35.1 Å². The number of aromatic nitrogens is 2. The molecule has 7 heteroatoms. The summed E-state index contributed by atoms with van der Waals surface area (Å²) in [5.74, 6) is -0.0480. The van der Waals surface area contributed by atoms with Crippen molar-refractivity contribution in [2.24, 2.45) is 0 Å². The summed E-state index contributed by atoms with van der Waals surface area (Å²) in [6, 6.07) is 4.65. The van der Waals surface area contributed by atoms with Crippen molar-refractivity contribution < 1.29 is 13.9 Å². The second-order valence-electron chi connectivity index (χ2n) is 4.22.